The zero-order valence-corrected chi connectivity index (χ0v) is 21.7. The lowest BCUT2D eigenvalue weighted by molar-refractivity contribution is -0.139. The van der Waals surface area contributed by atoms with Crippen LogP contribution in [0, 0.1) is 5.92 Å². The Balaban J connectivity index is 1.06. The van der Waals surface area contributed by atoms with Crippen molar-refractivity contribution in [2.75, 3.05) is 26.2 Å². The Labute approximate surface area is 224 Å². The number of nitrogens with one attached hydrogen (secondary N) is 1. The van der Waals surface area contributed by atoms with Crippen LogP contribution >= 0.6 is 0 Å². The Morgan fingerprint density at radius 2 is 1.50 bits per heavy atom. The van der Waals surface area contributed by atoms with Crippen LogP contribution in [0.2, 0.25) is 0 Å². The number of carboxylic acid groups (broad SMARTS) is 1. The van der Waals surface area contributed by atoms with E-state index in [2.05, 4.69) is 64.8 Å². The maximum atomic E-state index is 12.6. The van der Waals surface area contributed by atoms with Crippen molar-refractivity contribution in [3.05, 3.63) is 95.6 Å². The molecule has 1 fully saturated rings. The number of nitrogens with zero attached hydrogens (tertiary/aromatic N) is 1. The Bertz CT molecular complexity index is 1190. The number of benzene rings is 3. The first-order chi connectivity index (χ1) is 18.6. The summed E-state index contributed by atoms with van der Waals surface area (Å²) < 4.78 is 5.55. The molecule has 3 aromatic carbocycles. The molecule has 0 spiro atoms. The van der Waals surface area contributed by atoms with Gasteiger partial charge in [0.15, 0.2) is 0 Å². The maximum Gasteiger partial charge on any atom is 0.407 e. The van der Waals surface area contributed by atoms with Gasteiger partial charge in [0.1, 0.15) is 12.6 Å². The van der Waals surface area contributed by atoms with E-state index >= 15 is 0 Å². The highest BCUT2D eigenvalue weighted by Gasteiger charge is 2.30. The van der Waals surface area contributed by atoms with E-state index in [-0.39, 0.29) is 12.5 Å². The van der Waals surface area contributed by atoms with Crippen LogP contribution in [0.3, 0.4) is 0 Å². The number of hydrogen-bond acceptors (Lipinski definition) is 4. The second-order valence-electron chi connectivity index (χ2n) is 10.5. The van der Waals surface area contributed by atoms with E-state index < -0.39 is 18.1 Å². The Morgan fingerprint density at radius 3 is 2.13 bits per heavy atom. The van der Waals surface area contributed by atoms with E-state index in [0.717, 1.165) is 61.2 Å². The average Bonchev–Trinajstić information content (AvgIpc) is 3.26. The Hall–Kier alpha value is -3.64. The van der Waals surface area contributed by atoms with Crippen molar-refractivity contribution < 1.29 is 19.4 Å². The quantitative estimate of drug-likeness (QED) is 0.364. The molecule has 1 aliphatic heterocycles. The molecule has 1 amide bonds. The molecule has 0 saturated carbocycles. The van der Waals surface area contributed by atoms with E-state index in [0.29, 0.717) is 18.8 Å². The number of carbonyl (C=O) groups excluding carboxylic acids is 1. The van der Waals surface area contributed by atoms with Crippen LogP contribution in [0.15, 0.2) is 78.9 Å². The number of carbonyl (C=O) groups is 2. The van der Waals surface area contributed by atoms with Crippen molar-refractivity contribution in [1.82, 2.24) is 10.2 Å². The highest BCUT2D eigenvalue weighted by molar-refractivity contribution is 5.81. The van der Waals surface area contributed by atoms with Crippen molar-refractivity contribution in [2.45, 2.75) is 44.1 Å². The minimum atomic E-state index is -1.03. The molecule has 2 aliphatic rings. The average molecular weight is 513 g/mol. The summed E-state index contributed by atoms with van der Waals surface area (Å²) in [5, 5.41) is 12.3. The SMILES string of the molecule is O=C(N[C@@H](CCCN1CCC(Cc2ccccc2)CC1)C(=O)O)OCC1c2ccccc2-c2ccccc21. The molecule has 3 aromatic rings. The minimum Gasteiger partial charge on any atom is -0.480 e. The van der Waals surface area contributed by atoms with Crippen LogP contribution in [-0.2, 0) is 16.0 Å². The summed E-state index contributed by atoms with van der Waals surface area (Å²) in [7, 11) is 0. The van der Waals surface area contributed by atoms with Gasteiger partial charge in [0, 0.05) is 5.92 Å². The molecule has 0 radical (unpaired) electrons. The van der Waals surface area contributed by atoms with Crippen molar-refractivity contribution >= 4 is 12.1 Å². The van der Waals surface area contributed by atoms with E-state index in [1.54, 1.807) is 0 Å². The van der Waals surface area contributed by atoms with Crippen LogP contribution in [0.1, 0.15) is 48.3 Å². The number of piperidine rings is 1. The minimum absolute atomic E-state index is 0.0544. The molecular formula is C32H36N2O4. The van der Waals surface area contributed by atoms with Gasteiger partial charge in [0.2, 0.25) is 0 Å². The third-order valence-electron chi connectivity index (χ3n) is 7.98. The summed E-state index contributed by atoms with van der Waals surface area (Å²) >= 11 is 0. The summed E-state index contributed by atoms with van der Waals surface area (Å²) in [6, 6.07) is 26.0. The molecule has 6 heteroatoms. The second-order valence-corrected chi connectivity index (χ2v) is 10.5. The first-order valence-corrected chi connectivity index (χ1v) is 13.7. The number of amides is 1. The van der Waals surface area contributed by atoms with Gasteiger partial charge in [-0.1, -0.05) is 78.9 Å². The number of carboxylic acids is 1. The van der Waals surface area contributed by atoms with Gasteiger partial charge in [-0.05, 0) is 85.5 Å². The molecule has 0 aromatic heterocycles. The van der Waals surface area contributed by atoms with Crippen molar-refractivity contribution in [3.8, 4) is 11.1 Å². The Kier molecular flexibility index (Phi) is 8.39. The largest absolute Gasteiger partial charge is 0.480 e. The zero-order chi connectivity index (χ0) is 26.3. The van der Waals surface area contributed by atoms with Crippen LogP contribution in [0.5, 0.6) is 0 Å². The third-order valence-corrected chi connectivity index (χ3v) is 7.98. The molecule has 1 atom stereocenters. The smallest absolute Gasteiger partial charge is 0.407 e. The molecule has 1 saturated heterocycles. The van der Waals surface area contributed by atoms with Crippen LogP contribution < -0.4 is 5.32 Å². The lowest BCUT2D eigenvalue weighted by atomic mass is 9.90. The van der Waals surface area contributed by atoms with Gasteiger partial charge in [-0.2, -0.15) is 0 Å². The standard InChI is InChI=1S/C32H36N2O4/c35-31(36)30(15-8-18-34-19-16-24(17-20-34)21-23-9-2-1-3-10-23)33-32(37)38-22-29-27-13-6-4-11-25(27)26-12-5-7-14-28(26)29/h1-7,9-14,24,29-30H,8,15-22H2,(H,33,37)(H,35,36)/t30-/m0/s1. The molecule has 1 aliphatic carbocycles. The molecule has 1 heterocycles. The number of likely N-dealkylation sites (tertiary alicyclic amines) is 1. The Morgan fingerprint density at radius 1 is 0.895 bits per heavy atom. The maximum absolute atomic E-state index is 12.6. The van der Waals surface area contributed by atoms with Gasteiger partial charge in [0.05, 0.1) is 0 Å². The summed E-state index contributed by atoms with van der Waals surface area (Å²) in [4.78, 5) is 26.8. The van der Waals surface area contributed by atoms with Gasteiger partial charge in [-0.3, -0.25) is 0 Å². The van der Waals surface area contributed by atoms with E-state index in [9.17, 15) is 14.7 Å². The summed E-state index contributed by atoms with van der Waals surface area (Å²) in [6.07, 6.45) is 3.86. The third kappa shape index (κ3) is 6.25. The lowest BCUT2D eigenvalue weighted by Gasteiger charge is -2.32. The normalized spacial score (nSPS) is 16.4. The van der Waals surface area contributed by atoms with Gasteiger partial charge < -0.3 is 20.1 Å². The molecule has 2 N–H and O–H groups in total. The summed E-state index contributed by atoms with van der Waals surface area (Å²) in [6.45, 7) is 3.09. The number of rotatable bonds is 10. The van der Waals surface area contributed by atoms with Gasteiger partial charge in [-0.15, -0.1) is 0 Å². The van der Waals surface area contributed by atoms with Crippen LogP contribution in [0.4, 0.5) is 4.79 Å². The number of aliphatic carboxylic acids is 1. The van der Waals surface area contributed by atoms with Gasteiger partial charge in [0.25, 0.3) is 0 Å². The molecule has 0 bridgehead atoms. The highest BCUT2D eigenvalue weighted by Crippen LogP contribution is 2.44. The monoisotopic (exact) mass is 512 g/mol. The van der Waals surface area contributed by atoms with Gasteiger partial charge >= 0.3 is 12.1 Å². The predicted molar refractivity (Wildman–Crippen MR) is 148 cm³/mol. The molecular weight excluding hydrogens is 476 g/mol. The molecule has 198 valence electrons. The van der Waals surface area contributed by atoms with E-state index in [4.69, 9.17) is 4.74 Å². The van der Waals surface area contributed by atoms with Crippen molar-refractivity contribution in [3.63, 3.8) is 0 Å². The molecule has 0 unspecified atom stereocenters. The fourth-order valence-corrected chi connectivity index (χ4v) is 5.92. The van der Waals surface area contributed by atoms with Crippen molar-refractivity contribution in [1.29, 1.82) is 0 Å². The number of fused-ring (bicyclic) bond motifs is 3. The highest BCUT2D eigenvalue weighted by atomic mass is 16.5. The van der Waals surface area contributed by atoms with E-state index in [1.807, 2.05) is 24.3 Å². The second kappa shape index (κ2) is 12.3. The lowest BCUT2D eigenvalue weighted by Crippen LogP contribution is -2.42. The van der Waals surface area contributed by atoms with Gasteiger partial charge in [-0.25, -0.2) is 9.59 Å². The fraction of sp³-hybridized carbons (Fsp3) is 0.375. The summed E-state index contributed by atoms with van der Waals surface area (Å²) in [5.74, 6) is -0.378. The number of hydrogen-bond donors (Lipinski definition) is 2. The van der Waals surface area contributed by atoms with E-state index in [1.165, 1.54) is 5.56 Å². The number of alkyl carbamates (subject to hydrolysis) is 1. The van der Waals surface area contributed by atoms with Crippen molar-refractivity contribution in [2.24, 2.45) is 5.92 Å². The molecule has 6 nitrogen and oxygen atoms in total. The first kappa shape index (κ1) is 26.0. The van der Waals surface area contributed by atoms with Crippen LogP contribution in [-0.4, -0.2) is 54.4 Å². The van der Waals surface area contributed by atoms with Crippen LogP contribution in [0.25, 0.3) is 11.1 Å². The fourth-order valence-electron chi connectivity index (χ4n) is 5.92. The molecule has 38 heavy (non-hydrogen) atoms. The topological polar surface area (TPSA) is 78.9 Å². The predicted octanol–water partition coefficient (Wildman–Crippen LogP) is 5.71. The number of ether oxygens (including phenoxy) is 1. The summed E-state index contributed by atoms with van der Waals surface area (Å²) in [5.41, 5.74) is 5.97. The first-order valence-electron chi connectivity index (χ1n) is 13.7. The zero-order valence-electron chi connectivity index (χ0n) is 21.7. The molecule has 5 rings (SSSR count).